The van der Waals surface area contributed by atoms with Gasteiger partial charge in [-0.25, -0.2) is 4.79 Å². The van der Waals surface area contributed by atoms with Crippen molar-refractivity contribution in [2.45, 2.75) is 25.2 Å². The largest absolute Gasteiger partial charge is 0.482 e. The van der Waals surface area contributed by atoms with Crippen molar-refractivity contribution in [1.82, 2.24) is 4.90 Å². The number of carbonyl (C=O) groups is 2. The molecule has 1 fully saturated rings. The molecule has 0 amide bonds. The molecular formula is C21H23NO5. The van der Waals surface area contributed by atoms with Crippen LogP contribution in [0.3, 0.4) is 0 Å². The molecule has 6 nitrogen and oxygen atoms in total. The fourth-order valence-corrected chi connectivity index (χ4v) is 3.09. The molecule has 142 valence electrons. The summed E-state index contributed by atoms with van der Waals surface area (Å²) in [7, 11) is 0. The van der Waals surface area contributed by atoms with E-state index in [4.69, 9.17) is 9.47 Å². The van der Waals surface area contributed by atoms with Crippen molar-refractivity contribution in [3.8, 4) is 5.75 Å². The highest BCUT2D eigenvalue weighted by molar-refractivity contribution is 5.75. The molecule has 0 radical (unpaired) electrons. The second-order valence-electron chi connectivity index (χ2n) is 6.58. The number of aliphatic hydroxyl groups is 1. The van der Waals surface area contributed by atoms with E-state index < -0.39 is 18.2 Å². The minimum absolute atomic E-state index is 0.239. The van der Waals surface area contributed by atoms with Crippen LogP contribution in [0.25, 0.3) is 0 Å². The van der Waals surface area contributed by atoms with Crippen LogP contribution in [0.15, 0.2) is 54.6 Å². The van der Waals surface area contributed by atoms with E-state index >= 15 is 0 Å². The molecule has 0 spiro atoms. The van der Waals surface area contributed by atoms with E-state index in [9.17, 15) is 14.7 Å². The van der Waals surface area contributed by atoms with Crippen LogP contribution in [-0.2, 0) is 16.1 Å². The van der Waals surface area contributed by atoms with Crippen LogP contribution < -0.4 is 4.74 Å². The van der Waals surface area contributed by atoms with E-state index in [1.54, 1.807) is 24.3 Å². The van der Waals surface area contributed by atoms with E-state index in [1.807, 2.05) is 18.2 Å². The zero-order chi connectivity index (χ0) is 19.1. The van der Waals surface area contributed by atoms with Gasteiger partial charge in [0.2, 0.25) is 0 Å². The monoisotopic (exact) mass is 369 g/mol. The summed E-state index contributed by atoms with van der Waals surface area (Å²) in [5.74, 6) is -0.0363. The predicted octanol–water partition coefficient (Wildman–Crippen LogP) is 2.06. The topological polar surface area (TPSA) is 76.1 Å². The molecule has 1 aliphatic rings. The average molecular weight is 369 g/mol. The molecule has 3 rings (SSSR count). The molecule has 6 heteroatoms. The number of aliphatic hydroxyl groups excluding tert-OH is 1. The second-order valence-corrected chi connectivity index (χ2v) is 6.58. The van der Waals surface area contributed by atoms with Crippen molar-refractivity contribution in [2.24, 2.45) is 0 Å². The predicted molar refractivity (Wildman–Crippen MR) is 99.5 cm³/mol. The van der Waals surface area contributed by atoms with Crippen molar-refractivity contribution < 1.29 is 24.2 Å². The first-order valence-corrected chi connectivity index (χ1v) is 8.96. The lowest BCUT2D eigenvalue weighted by molar-refractivity contribution is -0.162. The van der Waals surface area contributed by atoms with Gasteiger partial charge in [-0.15, -0.1) is 0 Å². The third kappa shape index (κ3) is 5.64. The molecule has 27 heavy (non-hydrogen) atoms. The van der Waals surface area contributed by atoms with Crippen molar-refractivity contribution in [3.05, 3.63) is 65.7 Å². The summed E-state index contributed by atoms with van der Waals surface area (Å²) in [4.78, 5) is 24.8. The highest BCUT2D eigenvalue weighted by atomic mass is 16.6. The smallest absolute Gasteiger partial charge is 0.344 e. The van der Waals surface area contributed by atoms with E-state index in [0.717, 1.165) is 19.4 Å². The maximum Gasteiger partial charge on any atom is 0.344 e. The number of benzene rings is 2. The number of β-amino-alcohol motifs (C(OH)–C–C–N with tert-alkyl or cyclic N) is 1. The first-order chi connectivity index (χ1) is 13.1. The number of likely N-dealkylation sites (tertiary alicyclic amines) is 1. The van der Waals surface area contributed by atoms with Gasteiger partial charge in [-0.2, -0.15) is 0 Å². The molecule has 0 saturated carbocycles. The molecule has 2 aromatic rings. The zero-order valence-corrected chi connectivity index (χ0v) is 15.0. The fourth-order valence-electron chi connectivity index (χ4n) is 3.09. The number of hydrogen-bond donors (Lipinski definition) is 1. The highest BCUT2D eigenvalue weighted by Crippen LogP contribution is 2.18. The maximum absolute atomic E-state index is 12.0. The molecule has 2 unspecified atom stereocenters. The fraction of sp³-hybridized carbons (Fsp3) is 0.333. The van der Waals surface area contributed by atoms with Crippen molar-refractivity contribution in [3.63, 3.8) is 0 Å². The Morgan fingerprint density at radius 2 is 1.89 bits per heavy atom. The summed E-state index contributed by atoms with van der Waals surface area (Å²) in [5.41, 5.74) is 1.73. The number of piperidine rings is 1. The van der Waals surface area contributed by atoms with Crippen LogP contribution in [-0.4, -0.2) is 54.2 Å². The lowest BCUT2D eigenvalue weighted by Gasteiger charge is -2.35. The Labute approximate surface area is 158 Å². The Morgan fingerprint density at radius 1 is 1.15 bits per heavy atom. The van der Waals surface area contributed by atoms with Crippen LogP contribution >= 0.6 is 0 Å². The Hall–Kier alpha value is -2.70. The number of ether oxygens (including phenoxy) is 2. The summed E-state index contributed by atoms with van der Waals surface area (Å²) in [6, 6.07) is 16.5. The lowest BCUT2D eigenvalue weighted by Crippen LogP contribution is -2.48. The molecular weight excluding hydrogens is 346 g/mol. The number of esters is 1. The number of carbonyl (C=O) groups excluding carboxylic acids is 2. The Bertz CT molecular complexity index is 747. The number of rotatable bonds is 7. The molecule has 1 N–H and O–H groups in total. The Kier molecular flexibility index (Phi) is 6.57. The standard InChI is InChI=1S/C21H23NO5/c23-14-17-6-8-18(9-7-17)26-15-21(25)27-20-10-11-22(13-19(20)24)12-16-4-2-1-3-5-16/h1-9,14,19-20,24H,10-13,15H2. The van der Waals surface area contributed by atoms with Gasteiger partial charge in [0.25, 0.3) is 0 Å². The summed E-state index contributed by atoms with van der Waals surface area (Å²) in [6.45, 7) is 1.73. The summed E-state index contributed by atoms with van der Waals surface area (Å²) < 4.78 is 10.7. The van der Waals surface area contributed by atoms with E-state index in [0.29, 0.717) is 24.3 Å². The molecule has 2 aromatic carbocycles. The molecule has 1 aliphatic heterocycles. The Balaban J connectivity index is 1.42. The molecule has 1 saturated heterocycles. The van der Waals surface area contributed by atoms with Gasteiger partial charge >= 0.3 is 5.97 Å². The normalized spacial score (nSPS) is 20.0. The van der Waals surface area contributed by atoms with Crippen molar-refractivity contribution in [2.75, 3.05) is 19.7 Å². The van der Waals surface area contributed by atoms with Crippen LogP contribution in [0.4, 0.5) is 0 Å². The van der Waals surface area contributed by atoms with Gasteiger partial charge in [0.05, 0.1) is 0 Å². The van der Waals surface area contributed by atoms with Crippen LogP contribution in [0.1, 0.15) is 22.3 Å². The Morgan fingerprint density at radius 3 is 2.56 bits per heavy atom. The molecule has 1 heterocycles. The number of hydrogen-bond acceptors (Lipinski definition) is 6. The molecule has 0 bridgehead atoms. The first kappa shape index (κ1) is 19.1. The average Bonchev–Trinajstić information content (AvgIpc) is 2.70. The zero-order valence-electron chi connectivity index (χ0n) is 15.0. The number of nitrogens with zero attached hydrogens (tertiary/aromatic N) is 1. The van der Waals surface area contributed by atoms with Gasteiger partial charge in [-0.05, 0) is 36.2 Å². The van der Waals surface area contributed by atoms with Crippen molar-refractivity contribution in [1.29, 1.82) is 0 Å². The van der Waals surface area contributed by atoms with Crippen molar-refractivity contribution >= 4 is 12.3 Å². The second kappa shape index (κ2) is 9.30. The van der Waals surface area contributed by atoms with Gasteiger partial charge in [0.15, 0.2) is 6.61 Å². The first-order valence-electron chi connectivity index (χ1n) is 8.96. The third-order valence-electron chi connectivity index (χ3n) is 4.51. The summed E-state index contributed by atoms with van der Waals surface area (Å²) in [6.07, 6.45) is 0.0704. The number of aldehydes is 1. The third-order valence-corrected chi connectivity index (χ3v) is 4.51. The van der Waals surface area contributed by atoms with Crippen LogP contribution in [0, 0.1) is 0 Å². The van der Waals surface area contributed by atoms with Gasteiger partial charge in [-0.1, -0.05) is 30.3 Å². The van der Waals surface area contributed by atoms with Crippen LogP contribution in [0.5, 0.6) is 5.75 Å². The van der Waals surface area contributed by atoms with Crippen LogP contribution in [0.2, 0.25) is 0 Å². The van der Waals surface area contributed by atoms with E-state index in [2.05, 4.69) is 17.0 Å². The highest BCUT2D eigenvalue weighted by Gasteiger charge is 2.30. The molecule has 2 atom stereocenters. The van der Waals surface area contributed by atoms with E-state index in [-0.39, 0.29) is 6.61 Å². The van der Waals surface area contributed by atoms with Gasteiger partial charge in [0, 0.05) is 25.2 Å². The quantitative estimate of drug-likeness (QED) is 0.595. The SMILES string of the molecule is O=Cc1ccc(OCC(=O)OC2CCN(Cc3ccccc3)CC2O)cc1. The summed E-state index contributed by atoms with van der Waals surface area (Å²) in [5, 5.41) is 10.3. The molecule has 0 aliphatic carbocycles. The van der Waals surface area contributed by atoms with Gasteiger partial charge in [0.1, 0.15) is 24.2 Å². The minimum Gasteiger partial charge on any atom is -0.482 e. The van der Waals surface area contributed by atoms with Gasteiger partial charge in [-0.3, -0.25) is 9.69 Å². The van der Waals surface area contributed by atoms with Gasteiger partial charge < -0.3 is 14.6 Å². The maximum atomic E-state index is 12.0. The van der Waals surface area contributed by atoms with E-state index in [1.165, 1.54) is 5.56 Å². The summed E-state index contributed by atoms with van der Waals surface area (Å²) >= 11 is 0. The lowest BCUT2D eigenvalue weighted by atomic mass is 10.0. The molecule has 0 aromatic heterocycles. The minimum atomic E-state index is -0.724.